The van der Waals surface area contributed by atoms with Crippen LogP contribution in [0, 0.1) is 5.92 Å². The van der Waals surface area contributed by atoms with Crippen molar-refractivity contribution in [3.8, 4) is 33.8 Å². The smallest absolute Gasteiger partial charge is 0.251 e. The van der Waals surface area contributed by atoms with Gasteiger partial charge in [0.25, 0.3) is 5.91 Å². The summed E-state index contributed by atoms with van der Waals surface area (Å²) >= 11 is 0. The van der Waals surface area contributed by atoms with E-state index in [0.29, 0.717) is 6.61 Å². The Kier molecular flexibility index (Phi) is 25.8. The monoisotopic (exact) mass is 1280 g/mol. The van der Waals surface area contributed by atoms with E-state index in [1.807, 2.05) is 48.5 Å². The number of ether oxygens (including phenoxy) is 3. The summed E-state index contributed by atoms with van der Waals surface area (Å²) in [5, 5.41) is 107. The van der Waals surface area contributed by atoms with Gasteiger partial charge in [0.2, 0.25) is 35.4 Å². The van der Waals surface area contributed by atoms with Crippen molar-refractivity contribution in [2.45, 2.75) is 165 Å². The third-order valence-electron chi connectivity index (χ3n) is 16.4. The molecule has 0 aromatic heterocycles. The molecule has 3 heterocycles. The van der Waals surface area contributed by atoms with Gasteiger partial charge in [-0.15, -0.1) is 0 Å². The number of aromatic hydroxyl groups is 1. The fourth-order valence-corrected chi connectivity index (χ4v) is 11.3. The summed E-state index contributed by atoms with van der Waals surface area (Å²) in [4.78, 5) is 104. The Morgan fingerprint density at radius 3 is 1.83 bits per heavy atom. The molecule has 0 spiro atoms. The number of phenolic OH excluding ortho intramolecular Hbond substituents is 1. The highest BCUT2D eigenvalue weighted by Gasteiger charge is 2.50. The standard InChI is InChI=1S/C65H89N9O18/c1-7-8-9-25-91-45-21-18-41(19-22-45)39-12-10-38(11-13-39)40-14-16-42(17-15-40)58(83)68-47-31-50(79)63(92-28-27-90-26-24-66)72-62(87)54-55(80)35(4)32-74(54)65(89)52(37(6)76)70-61(86)53(57(82)56(81)43-20-23-49(78)46(29-43)67-34(2)3)71-60(85)48-30-44(77)33-73(48)64(88)51(36(5)75)69-59(47)84/h10-23,29,34-37,44,47-48,50-57,63,67,75-82H,7-9,24-28,30-33,66H2,1-6H3,(H,68,83)(H,69,84)(H,70,86)(H,71,85)(H,72,87)/t35-,36+,37+,44+,47-,48-,50+,51-,52-,53-,54-,55-,56-,57-,63+/m0/s1. The molecule has 16 N–H and O–H groups in total. The molecule has 0 unspecified atom stereocenters. The zero-order valence-corrected chi connectivity index (χ0v) is 52.5. The topological polar surface area (TPSA) is 414 Å². The van der Waals surface area contributed by atoms with Gasteiger partial charge in [0.05, 0.1) is 56.5 Å². The van der Waals surface area contributed by atoms with E-state index in [0.717, 1.165) is 70.9 Å². The fourth-order valence-electron chi connectivity index (χ4n) is 11.3. The molecule has 27 nitrogen and oxygen atoms in total. The highest BCUT2D eigenvalue weighted by Crippen LogP contribution is 2.32. The minimum atomic E-state index is -2.34. The second-order valence-electron chi connectivity index (χ2n) is 24.0. The summed E-state index contributed by atoms with van der Waals surface area (Å²) < 4.78 is 17.3. The van der Waals surface area contributed by atoms with Gasteiger partial charge >= 0.3 is 0 Å². The van der Waals surface area contributed by atoms with Crippen molar-refractivity contribution in [3.05, 3.63) is 102 Å². The van der Waals surface area contributed by atoms with Gasteiger partial charge in [0.1, 0.15) is 66.1 Å². The number of hydrogen-bond acceptors (Lipinski definition) is 20. The van der Waals surface area contributed by atoms with E-state index in [9.17, 15) is 74.4 Å². The molecule has 3 aliphatic rings. The molecule has 0 bridgehead atoms. The average molecular weight is 1280 g/mol. The number of carbonyl (C=O) groups excluding carboxylic acids is 7. The molecule has 3 saturated heterocycles. The number of aliphatic hydroxyl groups is 7. The number of phenols is 1. The molecule has 4 aromatic carbocycles. The van der Waals surface area contributed by atoms with Gasteiger partial charge in [-0.05, 0) is 98.3 Å². The number of carbonyl (C=O) groups is 7. The highest BCUT2D eigenvalue weighted by molar-refractivity contribution is 6.00. The Bertz CT molecular complexity index is 3140. The minimum Gasteiger partial charge on any atom is -0.506 e. The van der Waals surface area contributed by atoms with Crippen molar-refractivity contribution in [2.75, 3.05) is 51.4 Å². The van der Waals surface area contributed by atoms with Crippen LogP contribution >= 0.6 is 0 Å². The maximum Gasteiger partial charge on any atom is 0.251 e. The second-order valence-corrected chi connectivity index (χ2v) is 24.0. The summed E-state index contributed by atoms with van der Waals surface area (Å²) in [6, 6.07) is 13.6. The molecular weight excluding hydrogens is 1190 g/mol. The Labute approximate surface area is 534 Å². The van der Waals surface area contributed by atoms with E-state index < -0.39 is 152 Å². The number of aliphatic hydroxyl groups excluding tert-OH is 7. The molecule has 92 heavy (non-hydrogen) atoms. The molecule has 15 atom stereocenters. The molecule has 4 aromatic rings. The first-order valence-electron chi connectivity index (χ1n) is 31.1. The van der Waals surface area contributed by atoms with Crippen molar-refractivity contribution in [1.82, 2.24) is 36.4 Å². The van der Waals surface area contributed by atoms with E-state index in [1.165, 1.54) is 37.3 Å². The predicted molar refractivity (Wildman–Crippen MR) is 336 cm³/mol. The van der Waals surface area contributed by atoms with E-state index in [-0.39, 0.29) is 61.5 Å². The number of rotatable bonds is 22. The first-order chi connectivity index (χ1) is 43.8. The van der Waals surface area contributed by atoms with Crippen LogP contribution in [0.3, 0.4) is 0 Å². The lowest BCUT2D eigenvalue weighted by Gasteiger charge is -2.34. The lowest BCUT2D eigenvalue weighted by atomic mass is 9.96. The Hall–Kier alpha value is -7.83. The number of unbranched alkanes of at least 4 members (excludes halogenated alkanes) is 2. The van der Waals surface area contributed by atoms with Crippen LogP contribution in [-0.4, -0.2) is 223 Å². The summed E-state index contributed by atoms with van der Waals surface area (Å²) in [5.41, 5.74) is 9.10. The SMILES string of the molecule is CCCCCOc1ccc(-c2ccc(-c3ccc(C(=O)N[C@H]4C[C@@H](O)[C@@H](OCCOCCN)NC(=O)[C@@H]5[C@@H](O)[C@@H](C)CN5C(=O)[C@H]([C@@H](C)O)NC(=O)[C@H]([C@H](O)[C@@H](O)c5ccc(O)c(NC(C)C)c5)NC(=O)[C@@H]5C[C@@H](O)CN5C(=O)[C@H]([C@@H](C)O)NC4=O)cc3)cc2)cc1. The van der Waals surface area contributed by atoms with Gasteiger partial charge in [-0.3, -0.25) is 33.6 Å². The van der Waals surface area contributed by atoms with Crippen LogP contribution in [0.1, 0.15) is 95.7 Å². The average Bonchev–Trinajstić information content (AvgIpc) is 1.62. The Morgan fingerprint density at radius 2 is 1.24 bits per heavy atom. The molecule has 7 rings (SSSR count). The van der Waals surface area contributed by atoms with Crippen LogP contribution in [0.15, 0.2) is 91.0 Å². The highest BCUT2D eigenvalue weighted by atomic mass is 16.5. The number of anilines is 1. The van der Waals surface area contributed by atoms with Crippen LogP contribution < -0.4 is 42.4 Å². The number of fused-ring (bicyclic) bond motifs is 2. The summed E-state index contributed by atoms with van der Waals surface area (Å²) in [6.45, 7) is 8.79. The summed E-state index contributed by atoms with van der Waals surface area (Å²) in [6.07, 6.45) is -13.1. The van der Waals surface area contributed by atoms with Crippen molar-refractivity contribution in [2.24, 2.45) is 11.7 Å². The van der Waals surface area contributed by atoms with Gasteiger partial charge in [0, 0.05) is 50.0 Å². The molecule has 7 amide bonds. The molecule has 3 fully saturated rings. The lowest BCUT2D eigenvalue weighted by Crippen LogP contribution is -2.64. The third-order valence-corrected chi connectivity index (χ3v) is 16.4. The normalized spacial score (nSPS) is 25.9. The first-order valence-corrected chi connectivity index (χ1v) is 31.1. The van der Waals surface area contributed by atoms with E-state index in [1.54, 1.807) is 26.0 Å². The van der Waals surface area contributed by atoms with E-state index >= 15 is 0 Å². The van der Waals surface area contributed by atoms with Crippen LogP contribution in [0.25, 0.3) is 22.3 Å². The van der Waals surface area contributed by atoms with Crippen LogP contribution in [0.4, 0.5) is 5.69 Å². The van der Waals surface area contributed by atoms with Crippen molar-refractivity contribution < 1.29 is 88.6 Å². The zero-order valence-electron chi connectivity index (χ0n) is 52.5. The predicted octanol–water partition coefficient (Wildman–Crippen LogP) is -0.107. The molecule has 0 saturated carbocycles. The summed E-state index contributed by atoms with van der Waals surface area (Å²) in [5.74, 6) is -8.49. The number of hydrogen-bond donors (Lipinski definition) is 15. The first kappa shape index (κ1) is 71.6. The molecule has 502 valence electrons. The largest absolute Gasteiger partial charge is 0.506 e. The van der Waals surface area contributed by atoms with Gasteiger partial charge in [-0.25, -0.2) is 0 Å². The number of amides is 7. The molecule has 0 radical (unpaired) electrons. The van der Waals surface area contributed by atoms with Gasteiger partial charge in [-0.2, -0.15) is 0 Å². The van der Waals surface area contributed by atoms with E-state index in [2.05, 4.69) is 38.8 Å². The van der Waals surface area contributed by atoms with Crippen molar-refractivity contribution in [1.29, 1.82) is 0 Å². The van der Waals surface area contributed by atoms with Crippen molar-refractivity contribution >= 4 is 47.0 Å². The zero-order chi connectivity index (χ0) is 67.1. The summed E-state index contributed by atoms with van der Waals surface area (Å²) in [7, 11) is 0. The lowest BCUT2D eigenvalue weighted by molar-refractivity contribution is -0.150. The van der Waals surface area contributed by atoms with Crippen LogP contribution in [0.5, 0.6) is 11.5 Å². The Balaban J connectivity index is 1.24. The maximum absolute atomic E-state index is 14.8. The van der Waals surface area contributed by atoms with Gasteiger partial charge in [-0.1, -0.05) is 81.3 Å². The molecule has 0 aliphatic carbocycles. The van der Waals surface area contributed by atoms with Gasteiger partial charge < -0.3 is 102 Å². The Morgan fingerprint density at radius 1 is 0.663 bits per heavy atom. The number of nitrogens with two attached hydrogens (primary N) is 1. The van der Waals surface area contributed by atoms with Crippen molar-refractivity contribution in [3.63, 3.8) is 0 Å². The molecular formula is C65H89N9O18. The number of benzene rings is 4. The number of nitrogens with zero attached hydrogens (tertiary/aromatic N) is 2. The third kappa shape index (κ3) is 18.3. The van der Waals surface area contributed by atoms with E-state index in [4.69, 9.17) is 19.9 Å². The second kappa shape index (κ2) is 33.1. The van der Waals surface area contributed by atoms with Crippen LogP contribution in [-0.2, 0) is 38.2 Å². The maximum atomic E-state index is 14.8. The fraction of sp³-hybridized carbons (Fsp3) is 0.523. The minimum absolute atomic E-state index is 0.0257. The number of nitrogens with one attached hydrogen (secondary N) is 6. The van der Waals surface area contributed by atoms with Gasteiger partial charge in [0.15, 0.2) is 6.23 Å². The molecule has 3 aliphatic heterocycles. The molecule has 27 heteroatoms. The van der Waals surface area contributed by atoms with Crippen LogP contribution in [0.2, 0.25) is 0 Å². The quantitative estimate of drug-likeness (QED) is 0.0361.